The fourth-order valence-corrected chi connectivity index (χ4v) is 2.49. The Morgan fingerprint density at radius 3 is 2.47 bits per heavy atom. The molecule has 1 N–H and O–H groups in total. The maximum atomic E-state index is 11.4. The van der Waals surface area contributed by atoms with Crippen molar-refractivity contribution < 1.29 is 14.0 Å². The highest BCUT2D eigenvalue weighted by Crippen LogP contribution is 2.41. The molecule has 0 aromatic carbocycles. The van der Waals surface area contributed by atoms with Crippen LogP contribution in [0.4, 0.5) is 0 Å². The van der Waals surface area contributed by atoms with Gasteiger partial charge < -0.3 is 9.42 Å². The van der Waals surface area contributed by atoms with Gasteiger partial charge in [-0.2, -0.15) is 0 Å². The molecule has 6 heteroatoms. The van der Waals surface area contributed by atoms with Crippen molar-refractivity contribution in [3.63, 3.8) is 0 Å². The third-order valence-corrected chi connectivity index (χ3v) is 4.08. The summed E-state index contributed by atoms with van der Waals surface area (Å²) in [5.74, 6) is 0. The van der Waals surface area contributed by atoms with Gasteiger partial charge in [0.1, 0.15) is 6.29 Å². The van der Waals surface area contributed by atoms with Gasteiger partial charge in [-0.1, -0.05) is 14.4 Å². The molecule has 0 aliphatic carbocycles. The van der Waals surface area contributed by atoms with E-state index in [9.17, 15) is 9.46 Å². The van der Waals surface area contributed by atoms with Gasteiger partial charge in [0.25, 0.3) is 0 Å². The average Bonchev–Trinajstić information content (AvgIpc) is 2.24. The topological polar surface area (TPSA) is 62.1 Å². The molecule has 0 rings (SSSR count). The molecule has 0 aliphatic rings. The highest BCUT2D eigenvalue weighted by atomic mass is 31.2. The van der Waals surface area contributed by atoms with E-state index in [1.807, 2.05) is 25.8 Å². The van der Waals surface area contributed by atoms with Crippen LogP contribution in [0.15, 0.2) is 4.99 Å². The van der Waals surface area contributed by atoms with Crippen LogP contribution in [0, 0.1) is 0 Å². The maximum Gasteiger partial charge on any atom is 0.341 e. The lowest BCUT2D eigenvalue weighted by Crippen LogP contribution is -2.34. The van der Waals surface area contributed by atoms with E-state index < -0.39 is 7.60 Å². The summed E-state index contributed by atoms with van der Waals surface area (Å²) >= 11 is 0. The molecule has 17 heavy (non-hydrogen) atoms. The van der Waals surface area contributed by atoms with Crippen LogP contribution < -0.4 is 0 Å². The predicted octanol–water partition coefficient (Wildman–Crippen LogP) is 2.60. The normalized spacial score (nSPS) is 18.0. The van der Waals surface area contributed by atoms with E-state index >= 15 is 0 Å². The van der Waals surface area contributed by atoms with E-state index in [0.29, 0.717) is 0 Å². The van der Waals surface area contributed by atoms with Crippen LogP contribution in [0.25, 0.3) is 0 Å². The smallest absolute Gasteiger partial charge is 0.323 e. The fraction of sp³-hybridized carbons (Fsp3) is 0.909. The standard InChI is InChI=1S/C10H23N2O3P.CH4/c1-6-10(7-9(2)11-3)12(4)8-16(13,14)15-5;/h9-10H,3,6-8H2,1-2,4-5H3,(H,13,14);1H4. The average molecular weight is 266 g/mol. The van der Waals surface area contributed by atoms with E-state index in [1.54, 1.807) is 0 Å². The van der Waals surface area contributed by atoms with Crippen molar-refractivity contribution in [1.29, 1.82) is 0 Å². The second kappa shape index (κ2) is 8.81. The molecule has 0 heterocycles. The van der Waals surface area contributed by atoms with Crippen LogP contribution in [0.1, 0.15) is 34.1 Å². The van der Waals surface area contributed by atoms with Gasteiger partial charge in [0, 0.05) is 19.2 Å². The van der Waals surface area contributed by atoms with Gasteiger partial charge >= 0.3 is 7.60 Å². The summed E-state index contributed by atoms with van der Waals surface area (Å²) in [5.41, 5.74) is 0. The Balaban J connectivity index is 0. The zero-order chi connectivity index (χ0) is 12.8. The zero-order valence-corrected chi connectivity index (χ0v) is 11.5. The molecule has 3 atom stereocenters. The van der Waals surface area contributed by atoms with E-state index in [1.165, 1.54) is 7.11 Å². The summed E-state index contributed by atoms with van der Waals surface area (Å²) in [6, 6.07) is 0.379. The molecule has 0 fully saturated rings. The summed E-state index contributed by atoms with van der Waals surface area (Å²) in [5, 5.41) is 0. The molecule has 0 amide bonds. The van der Waals surface area contributed by atoms with Crippen molar-refractivity contribution in [1.82, 2.24) is 4.90 Å². The third kappa shape index (κ3) is 7.66. The van der Waals surface area contributed by atoms with E-state index in [-0.39, 0.29) is 25.8 Å². The molecular weight excluding hydrogens is 239 g/mol. The number of rotatable bonds is 8. The van der Waals surface area contributed by atoms with Crippen LogP contribution in [0.3, 0.4) is 0 Å². The Labute approximate surface area is 105 Å². The fourth-order valence-electron chi connectivity index (χ4n) is 1.58. The molecule has 0 saturated heterocycles. The Kier molecular flexibility index (Phi) is 9.91. The van der Waals surface area contributed by atoms with Gasteiger partial charge in [-0.25, -0.2) is 0 Å². The molecular formula is C11H27N2O3P. The van der Waals surface area contributed by atoms with Gasteiger partial charge in [-0.3, -0.25) is 14.5 Å². The molecule has 5 nitrogen and oxygen atoms in total. The lowest BCUT2D eigenvalue weighted by atomic mass is 10.1. The molecule has 3 unspecified atom stereocenters. The van der Waals surface area contributed by atoms with Crippen molar-refractivity contribution in [2.75, 3.05) is 20.4 Å². The number of aliphatic imine (C=N–C) groups is 1. The molecule has 0 aromatic heterocycles. The van der Waals surface area contributed by atoms with Crippen LogP contribution in [-0.2, 0) is 9.09 Å². The van der Waals surface area contributed by atoms with E-state index in [0.717, 1.165) is 12.8 Å². The quantitative estimate of drug-likeness (QED) is 0.542. The van der Waals surface area contributed by atoms with Crippen molar-refractivity contribution in [3.8, 4) is 0 Å². The van der Waals surface area contributed by atoms with Gasteiger partial charge in [-0.05, 0) is 33.5 Å². The van der Waals surface area contributed by atoms with Crippen molar-refractivity contribution in [3.05, 3.63) is 0 Å². The lowest BCUT2D eigenvalue weighted by molar-refractivity contribution is 0.218. The van der Waals surface area contributed by atoms with Gasteiger partial charge in [-0.15, -0.1) is 0 Å². The van der Waals surface area contributed by atoms with Crippen LogP contribution in [0.2, 0.25) is 0 Å². The van der Waals surface area contributed by atoms with Crippen LogP contribution >= 0.6 is 7.60 Å². The number of nitrogens with zero attached hydrogens (tertiary/aromatic N) is 2. The first kappa shape index (κ1) is 19.1. The van der Waals surface area contributed by atoms with E-state index in [4.69, 9.17) is 0 Å². The molecule has 0 bridgehead atoms. The van der Waals surface area contributed by atoms with Gasteiger partial charge in [0.15, 0.2) is 0 Å². The first-order chi connectivity index (χ1) is 7.36. The Bertz CT molecular complexity index is 261. The molecule has 0 aromatic rings. The third-order valence-electron chi connectivity index (χ3n) is 2.71. The molecule has 0 aliphatic heterocycles. The monoisotopic (exact) mass is 266 g/mol. The minimum absolute atomic E-state index is 0. The number of hydrogen-bond donors (Lipinski definition) is 1. The minimum Gasteiger partial charge on any atom is -0.323 e. The van der Waals surface area contributed by atoms with Gasteiger partial charge in [0.05, 0.1) is 0 Å². The second-order valence-electron chi connectivity index (χ2n) is 4.05. The zero-order valence-electron chi connectivity index (χ0n) is 10.6. The summed E-state index contributed by atoms with van der Waals surface area (Å²) < 4.78 is 16.0. The van der Waals surface area contributed by atoms with Crippen molar-refractivity contribution >= 4 is 14.3 Å². The maximum absolute atomic E-state index is 11.4. The molecule has 0 spiro atoms. The summed E-state index contributed by atoms with van der Waals surface area (Å²) in [6.45, 7) is 7.53. The predicted molar refractivity (Wildman–Crippen MR) is 73.9 cm³/mol. The molecule has 0 saturated carbocycles. The van der Waals surface area contributed by atoms with Crippen LogP contribution in [-0.4, -0.2) is 49.0 Å². The second-order valence-corrected chi connectivity index (χ2v) is 5.97. The largest absolute Gasteiger partial charge is 0.341 e. The highest BCUT2D eigenvalue weighted by Gasteiger charge is 2.24. The lowest BCUT2D eigenvalue weighted by Gasteiger charge is -2.29. The Morgan fingerprint density at radius 2 is 2.12 bits per heavy atom. The minimum atomic E-state index is -3.47. The van der Waals surface area contributed by atoms with Gasteiger partial charge in [0.2, 0.25) is 0 Å². The van der Waals surface area contributed by atoms with Crippen LogP contribution in [0.5, 0.6) is 0 Å². The Morgan fingerprint density at radius 1 is 1.59 bits per heavy atom. The van der Waals surface area contributed by atoms with Crippen molar-refractivity contribution in [2.45, 2.75) is 46.2 Å². The summed E-state index contributed by atoms with van der Waals surface area (Å²) in [4.78, 5) is 15.2. The van der Waals surface area contributed by atoms with Crippen molar-refractivity contribution in [2.24, 2.45) is 4.99 Å². The van der Waals surface area contributed by atoms with E-state index in [2.05, 4.69) is 16.2 Å². The molecule has 0 radical (unpaired) electrons. The first-order valence-electron chi connectivity index (χ1n) is 5.39. The summed E-state index contributed by atoms with van der Waals surface area (Å²) in [7, 11) is -0.390. The number of hydrogen-bond acceptors (Lipinski definition) is 4. The molecule has 104 valence electrons. The first-order valence-corrected chi connectivity index (χ1v) is 7.16. The highest BCUT2D eigenvalue weighted by molar-refractivity contribution is 7.52. The Hall–Kier alpha value is -0.220. The summed E-state index contributed by atoms with van der Waals surface area (Å²) in [6.07, 6.45) is 1.78. The SMILES string of the molecule is C.C=NC(C)CC(CC)N(C)CP(=O)(O)OC.